The zero-order valence-corrected chi connectivity index (χ0v) is 17.2. The molecule has 4 rings (SSSR count). The third-order valence-electron chi connectivity index (χ3n) is 4.58. The van der Waals surface area contributed by atoms with Crippen LogP contribution in [0.1, 0.15) is 15.2 Å². The molecule has 0 unspecified atom stereocenters. The Morgan fingerprint density at radius 1 is 0.935 bits per heavy atom. The molecular formula is C24H18N2O4S. The molecule has 0 spiro atoms. The first-order valence-electron chi connectivity index (χ1n) is 9.50. The minimum Gasteiger partial charge on any atom is -0.482 e. The van der Waals surface area contributed by atoms with Crippen LogP contribution < -0.4 is 10.1 Å². The summed E-state index contributed by atoms with van der Waals surface area (Å²) in [5.41, 5.74) is 3.57. The van der Waals surface area contributed by atoms with Gasteiger partial charge in [0.25, 0.3) is 5.91 Å². The van der Waals surface area contributed by atoms with Crippen molar-refractivity contribution in [1.82, 2.24) is 0 Å². The van der Waals surface area contributed by atoms with Gasteiger partial charge in [-0.15, -0.1) is 11.3 Å². The second-order valence-corrected chi connectivity index (χ2v) is 7.64. The van der Waals surface area contributed by atoms with Crippen LogP contribution in [-0.2, 0) is 6.61 Å². The predicted molar refractivity (Wildman–Crippen MR) is 122 cm³/mol. The number of nitrogens with zero attached hydrogens (tertiary/aromatic N) is 1. The number of nitrogens with one attached hydrogen (secondary N) is 1. The number of rotatable bonds is 7. The molecule has 3 aromatic carbocycles. The number of carbonyl (C=O) groups is 1. The molecule has 0 atom stereocenters. The van der Waals surface area contributed by atoms with Crippen LogP contribution in [0.3, 0.4) is 0 Å². The summed E-state index contributed by atoms with van der Waals surface area (Å²) in [5.74, 6) is -0.0161. The van der Waals surface area contributed by atoms with E-state index >= 15 is 0 Å². The van der Waals surface area contributed by atoms with E-state index in [1.54, 1.807) is 24.3 Å². The molecular weight excluding hydrogens is 412 g/mol. The van der Waals surface area contributed by atoms with Crippen molar-refractivity contribution in [3.63, 3.8) is 0 Å². The van der Waals surface area contributed by atoms with Crippen LogP contribution in [0.4, 0.5) is 11.4 Å². The van der Waals surface area contributed by atoms with Gasteiger partial charge >= 0.3 is 5.69 Å². The first-order valence-corrected chi connectivity index (χ1v) is 10.4. The van der Waals surface area contributed by atoms with E-state index in [1.165, 1.54) is 17.4 Å². The number of ether oxygens (including phenoxy) is 1. The van der Waals surface area contributed by atoms with Crippen LogP contribution >= 0.6 is 11.3 Å². The van der Waals surface area contributed by atoms with E-state index in [0.717, 1.165) is 16.7 Å². The lowest BCUT2D eigenvalue weighted by Gasteiger charge is -2.06. The van der Waals surface area contributed by atoms with Crippen LogP contribution in [0.15, 0.2) is 90.3 Å². The topological polar surface area (TPSA) is 81.5 Å². The SMILES string of the molecule is O=C(Nc1ccc(-c2ccccc2)cc1)c1cc(COc2ccccc2[N+](=O)[O-])cs1. The van der Waals surface area contributed by atoms with Crippen LogP contribution in [0.25, 0.3) is 11.1 Å². The Morgan fingerprint density at radius 3 is 2.35 bits per heavy atom. The molecule has 7 heteroatoms. The van der Waals surface area contributed by atoms with E-state index < -0.39 is 4.92 Å². The van der Waals surface area contributed by atoms with Gasteiger partial charge in [0, 0.05) is 17.3 Å². The van der Waals surface area contributed by atoms with Gasteiger partial charge in [0.05, 0.1) is 9.80 Å². The minimum absolute atomic E-state index is 0.0883. The van der Waals surface area contributed by atoms with Gasteiger partial charge in [-0.2, -0.15) is 0 Å². The molecule has 0 aliphatic rings. The van der Waals surface area contributed by atoms with E-state index in [0.29, 0.717) is 10.6 Å². The van der Waals surface area contributed by atoms with Crippen molar-refractivity contribution in [3.05, 3.63) is 111 Å². The number of hydrogen-bond donors (Lipinski definition) is 1. The Kier molecular flexibility index (Phi) is 6.05. The summed E-state index contributed by atoms with van der Waals surface area (Å²) < 4.78 is 5.58. The smallest absolute Gasteiger partial charge is 0.310 e. The zero-order valence-electron chi connectivity index (χ0n) is 16.4. The maximum absolute atomic E-state index is 12.6. The number of benzene rings is 3. The van der Waals surface area contributed by atoms with Crippen LogP contribution in [0.5, 0.6) is 5.75 Å². The molecule has 1 aromatic heterocycles. The van der Waals surface area contributed by atoms with Gasteiger partial charge in [0.1, 0.15) is 6.61 Å². The van der Waals surface area contributed by atoms with Gasteiger partial charge in [0.15, 0.2) is 5.75 Å². The Labute approximate surface area is 182 Å². The fraction of sp³-hybridized carbons (Fsp3) is 0.0417. The molecule has 0 saturated carbocycles. The van der Waals surface area contributed by atoms with Crippen molar-refractivity contribution in [2.75, 3.05) is 5.32 Å². The number of nitro groups is 1. The molecule has 1 heterocycles. The lowest BCUT2D eigenvalue weighted by atomic mass is 10.1. The number of hydrogen-bond acceptors (Lipinski definition) is 5. The van der Waals surface area contributed by atoms with E-state index in [4.69, 9.17) is 4.74 Å². The van der Waals surface area contributed by atoms with E-state index in [9.17, 15) is 14.9 Å². The van der Waals surface area contributed by atoms with Gasteiger partial charge in [-0.05, 0) is 40.8 Å². The summed E-state index contributed by atoms with van der Waals surface area (Å²) in [4.78, 5) is 23.7. The summed E-state index contributed by atoms with van der Waals surface area (Å²) in [6, 6.07) is 25.6. The van der Waals surface area contributed by atoms with E-state index in [1.807, 2.05) is 60.0 Å². The monoisotopic (exact) mass is 430 g/mol. The van der Waals surface area contributed by atoms with Crippen molar-refractivity contribution < 1.29 is 14.5 Å². The van der Waals surface area contributed by atoms with Crippen molar-refractivity contribution >= 4 is 28.6 Å². The molecule has 1 N–H and O–H groups in total. The number of thiophene rings is 1. The zero-order chi connectivity index (χ0) is 21.6. The molecule has 6 nitrogen and oxygen atoms in total. The third kappa shape index (κ3) is 4.96. The average Bonchev–Trinajstić information content (AvgIpc) is 3.28. The quantitative estimate of drug-likeness (QED) is 0.281. The molecule has 0 radical (unpaired) electrons. The minimum atomic E-state index is -0.481. The fourth-order valence-corrected chi connectivity index (χ4v) is 3.82. The molecule has 1 amide bonds. The molecule has 0 aliphatic heterocycles. The number of anilines is 1. The van der Waals surface area contributed by atoms with Crippen LogP contribution in [0.2, 0.25) is 0 Å². The van der Waals surface area contributed by atoms with Crippen molar-refractivity contribution in [3.8, 4) is 16.9 Å². The van der Waals surface area contributed by atoms with Crippen LogP contribution in [0, 0.1) is 10.1 Å². The highest BCUT2D eigenvalue weighted by Crippen LogP contribution is 2.27. The van der Waals surface area contributed by atoms with Gasteiger partial charge in [-0.1, -0.05) is 54.6 Å². The number of amides is 1. The Hall–Kier alpha value is -3.97. The average molecular weight is 430 g/mol. The van der Waals surface area contributed by atoms with E-state index in [-0.39, 0.29) is 24.0 Å². The standard InChI is InChI=1S/C24H18N2O4S/c27-24(25-20-12-10-19(11-13-20)18-6-2-1-3-7-18)23-14-17(16-31-23)15-30-22-9-5-4-8-21(22)26(28)29/h1-14,16H,15H2,(H,25,27). The second kappa shape index (κ2) is 9.23. The molecule has 0 bridgehead atoms. The van der Waals surface area contributed by atoms with Gasteiger partial charge in [-0.3, -0.25) is 14.9 Å². The maximum Gasteiger partial charge on any atom is 0.310 e. The van der Waals surface area contributed by atoms with Gasteiger partial charge < -0.3 is 10.1 Å². The number of nitro benzene ring substituents is 1. The summed E-state index contributed by atoms with van der Waals surface area (Å²) >= 11 is 1.30. The first kappa shape index (κ1) is 20.3. The summed E-state index contributed by atoms with van der Waals surface area (Å²) in [7, 11) is 0. The van der Waals surface area contributed by atoms with Gasteiger partial charge in [0.2, 0.25) is 0 Å². The molecule has 31 heavy (non-hydrogen) atoms. The molecule has 0 aliphatic carbocycles. The molecule has 0 fully saturated rings. The molecule has 4 aromatic rings. The van der Waals surface area contributed by atoms with Crippen molar-refractivity contribution in [2.45, 2.75) is 6.61 Å². The largest absolute Gasteiger partial charge is 0.482 e. The van der Waals surface area contributed by atoms with Crippen molar-refractivity contribution in [1.29, 1.82) is 0 Å². The van der Waals surface area contributed by atoms with Crippen LogP contribution in [-0.4, -0.2) is 10.8 Å². The van der Waals surface area contributed by atoms with Gasteiger partial charge in [-0.25, -0.2) is 0 Å². The van der Waals surface area contributed by atoms with E-state index in [2.05, 4.69) is 5.32 Å². The molecule has 154 valence electrons. The lowest BCUT2D eigenvalue weighted by Crippen LogP contribution is -2.10. The highest BCUT2D eigenvalue weighted by atomic mass is 32.1. The molecule has 0 saturated heterocycles. The highest BCUT2D eigenvalue weighted by Gasteiger charge is 2.15. The summed E-state index contributed by atoms with van der Waals surface area (Å²) in [6.07, 6.45) is 0. The first-order chi connectivity index (χ1) is 15.1. The Morgan fingerprint density at radius 2 is 1.61 bits per heavy atom. The lowest BCUT2D eigenvalue weighted by molar-refractivity contribution is -0.385. The van der Waals surface area contributed by atoms with Crippen molar-refractivity contribution in [2.24, 2.45) is 0 Å². The normalized spacial score (nSPS) is 10.5. The second-order valence-electron chi connectivity index (χ2n) is 6.73. The Bertz CT molecular complexity index is 1200. The summed E-state index contributed by atoms with van der Waals surface area (Å²) in [5, 5.41) is 15.8. The number of carbonyl (C=O) groups excluding carboxylic acids is 1. The predicted octanol–water partition coefficient (Wildman–Crippen LogP) is 6.15. The summed E-state index contributed by atoms with van der Waals surface area (Å²) in [6.45, 7) is 0.139. The third-order valence-corrected chi connectivity index (χ3v) is 5.56. The number of para-hydroxylation sites is 2. The Balaban J connectivity index is 1.38. The maximum atomic E-state index is 12.6. The highest BCUT2D eigenvalue weighted by molar-refractivity contribution is 7.12. The fourth-order valence-electron chi connectivity index (χ4n) is 3.03.